The molecular weight excluding hydrogens is 400 g/mol. The predicted molar refractivity (Wildman–Crippen MR) is 116 cm³/mol. The molecule has 3 heterocycles. The third kappa shape index (κ3) is 3.86. The number of hydrogen-bond acceptors (Lipinski definition) is 7. The maximum atomic E-state index is 11.8. The van der Waals surface area contributed by atoms with E-state index in [1.807, 2.05) is 53.4 Å². The number of carbonyl (C=O) groups is 1. The largest absolute Gasteiger partial charge is 0.492 e. The number of benzene rings is 2. The molecule has 0 unspecified atom stereocenters. The molecule has 0 saturated carbocycles. The van der Waals surface area contributed by atoms with Gasteiger partial charge in [-0.3, -0.25) is 9.69 Å². The van der Waals surface area contributed by atoms with Crippen molar-refractivity contribution < 1.29 is 14.3 Å². The number of para-hydroxylation sites is 1. The minimum atomic E-state index is 0.0616. The molecule has 30 heavy (non-hydrogen) atoms. The lowest BCUT2D eigenvalue weighted by molar-refractivity contribution is -0.132. The van der Waals surface area contributed by atoms with Gasteiger partial charge in [0.15, 0.2) is 0 Å². The fourth-order valence-electron chi connectivity index (χ4n) is 4.33. The molecule has 2 bridgehead atoms. The van der Waals surface area contributed by atoms with Crippen LogP contribution in [-0.2, 0) is 4.79 Å². The Bertz CT molecular complexity index is 1010. The van der Waals surface area contributed by atoms with Gasteiger partial charge in [0, 0.05) is 31.7 Å². The van der Waals surface area contributed by atoms with Gasteiger partial charge in [-0.2, -0.15) is 0 Å². The molecule has 1 aromatic heterocycles. The maximum absolute atomic E-state index is 11.8. The van der Waals surface area contributed by atoms with Crippen LogP contribution in [0.4, 0.5) is 0 Å². The first kappa shape index (κ1) is 19.3. The standard InChI is InChI=1S/C22H24N4O3S/c23-12-21(27)26-14-15-11-16(26)13-25(15)9-10-28-17-5-7-18(8-6-17)29-22-24-19-3-1-2-4-20(19)30-22/h1-8,15-16H,9-14,23H2/t15-,16+/m0/s1. The summed E-state index contributed by atoms with van der Waals surface area (Å²) in [7, 11) is 0. The summed E-state index contributed by atoms with van der Waals surface area (Å²) in [4.78, 5) is 20.7. The van der Waals surface area contributed by atoms with Gasteiger partial charge in [-0.15, -0.1) is 0 Å². The number of likely N-dealkylation sites (tertiary alicyclic amines) is 2. The van der Waals surface area contributed by atoms with Crippen LogP contribution in [0, 0.1) is 0 Å². The van der Waals surface area contributed by atoms with E-state index in [2.05, 4.69) is 9.88 Å². The van der Waals surface area contributed by atoms with E-state index in [0.717, 1.165) is 47.8 Å². The summed E-state index contributed by atoms with van der Waals surface area (Å²) in [6.07, 6.45) is 1.05. The molecule has 8 heteroatoms. The summed E-state index contributed by atoms with van der Waals surface area (Å²) in [6, 6.07) is 16.4. The van der Waals surface area contributed by atoms with Gasteiger partial charge in [0.1, 0.15) is 18.1 Å². The average Bonchev–Trinajstić information content (AvgIpc) is 3.48. The van der Waals surface area contributed by atoms with Crippen molar-refractivity contribution in [2.24, 2.45) is 5.73 Å². The summed E-state index contributed by atoms with van der Waals surface area (Å²) >= 11 is 1.53. The zero-order valence-corrected chi connectivity index (χ0v) is 17.4. The van der Waals surface area contributed by atoms with Gasteiger partial charge in [0.05, 0.1) is 16.8 Å². The Morgan fingerprint density at radius 1 is 1.10 bits per heavy atom. The average molecular weight is 425 g/mol. The van der Waals surface area contributed by atoms with E-state index in [1.54, 1.807) is 0 Å². The summed E-state index contributed by atoms with van der Waals surface area (Å²) < 4.78 is 12.9. The lowest BCUT2D eigenvalue weighted by Crippen LogP contribution is -2.51. The Kier molecular flexibility index (Phi) is 5.28. The molecule has 1 amide bonds. The molecule has 3 aromatic rings. The molecule has 2 aliphatic heterocycles. The number of thiazole rings is 1. The molecule has 2 aliphatic rings. The molecule has 5 rings (SSSR count). The highest BCUT2D eigenvalue weighted by atomic mass is 32.1. The molecule has 2 atom stereocenters. The molecule has 0 aliphatic carbocycles. The van der Waals surface area contributed by atoms with Crippen molar-refractivity contribution in [2.45, 2.75) is 18.5 Å². The second-order valence-corrected chi connectivity index (χ2v) is 8.65. The van der Waals surface area contributed by atoms with Crippen LogP contribution < -0.4 is 15.2 Å². The molecule has 2 saturated heterocycles. The van der Waals surface area contributed by atoms with Crippen LogP contribution in [0.2, 0.25) is 0 Å². The molecule has 0 spiro atoms. The fraction of sp³-hybridized carbons (Fsp3) is 0.364. The highest BCUT2D eigenvalue weighted by Gasteiger charge is 2.44. The molecule has 2 aromatic carbocycles. The van der Waals surface area contributed by atoms with Gasteiger partial charge in [0.2, 0.25) is 5.91 Å². The zero-order valence-electron chi connectivity index (χ0n) is 16.6. The van der Waals surface area contributed by atoms with E-state index in [-0.39, 0.29) is 12.5 Å². The Labute approximate surface area is 179 Å². The summed E-state index contributed by atoms with van der Waals surface area (Å²) in [5.41, 5.74) is 6.45. The smallest absolute Gasteiger partial charge is 0.279 e. The van der Waals surface area contributed by atoms with E-state index in [4.69, 9.17) is 15.2 Å². The first-order valence-electron chi connectivity index (χ1n) is 10.2. The third-order valence-corrected chi connectivity index (χ3v) is 6.71. The van der Waals surface area contributed by atoms with Crippen LogP contribution in [0.1, 0.15) is 6.42 Å². The second-order valence-electron chi connectivity index (χ2n) is 7.66. The lowest BCUT2D eigenvalue weighted by Gasteiger charge is -2.33. The Hall–Kier alpha value is -2.68. The van der Waals surface area contributed by atoms with Gasteiger partial charge in [0.25, 0.3) is 5.19 Å². The van der Waals surface area contributed by atoms with Crippen molar-refractivity contribution >= 4 is 27.5 Å². The quantitative estimate of drug-likeness (QED) is 0.628. The maximum Gasteiger partial charge on any atom is 0.279 e. The van der Waals surface area contributed by atoms with Crippen LogP contribution >= 0.6 is 11.3 Å². The van der Waals surface area contributed by atoms with E-state index < -0.39 is 0 Å². The number of fused-ring (bicyclic) bond motifs is 3. The van der Waals surface area contributed by atoms with Crippen molar-refractivity contribution in [1.29, 1.82) is 0 Å². The topological polar surface area (TPSA) is 80.9 Å². The molecular formula is C22H24N4O3S. The SMILES string of the molecule is NCC(=O)N1C[C@@H]2C[C@@H]1CN2CCOc1ccc(Oc2nc3ccccc3s2)cc1. The summed E-state index contributed by atoms with van der Waals surface area (Å²) in [5.74, 6) is 1.62. The summed E-state index contributed by atoms with van der Waals surface area (Å²) in [5, 5.41) is 0.635. The predicted octanol–water partition coefficient (Wildman–Crippen LogP) is 2.71. The zero-order chi connectivity index (χ0) is 20.5. The number of rotatable bonds is 7. The van der Waals surface area contributed by atoms with E-state index in [9.17, 15) is 4.79 Å². The first-order valence-corrected chi connectivity index (χ1v) is 11.0. The van der Waals surface area contributed by atoms with Gasteiger partial charge < -0.3 is 20.1 Å². The number of aromatic nitrogens is 1. The van der Waals surface area contributed by atoms with Gasteiger partial charge in [-0.05, 0) is 42.8 Å². The van der Waals surface area contributed by atoms with E-state index in [0.29, 0.717) is 23.9 Å². The number of nitrogens with zero attached hydrogens (tertiary/aromatic N) is 3. The monoisotopic (exact) mass is 424 g/mol. The number of carbonyl (C=O) groups excluding carboxylic acids is 1. The normalized spacial score (nSPS) is 20.8. The minimum absolute atomic E-state index is 0.0616. The van der Waals surface area contributed by atoms with Crippen LogP contribution in [0.5, 0.6) is 16.7 Å². The number of piperazine rings is 1. The fourth-order valence-corrected chi connectivity index (χ4v) is 5.16. The Morgan fingerprint density at radius 2 is 1.90 bits per heavy atom. The number of amides is 1. The molecule has 0 radical (unpaired) electrons. The Morgan fingerprint density at radius 3 is 2.63 bits per heavy atom. The van der Waals surface area contributed by atoms with E-state index in [1.165, 1.54) is 11.3 Å². The molecule has 7 nitrogen and oxygen atoms in total. The second kappa shape index (κ2) is 8.22. The van der Waals surface area contributed by atoms with Crippen LogP contribution in [0.15, 0.2) is 48.5 Å². The third-order valence-electron chi connectivity index (χ3n) is 5.80. The molecule has 156 valence electrons. The van der Waals surface area contributed by atoms with Crippen molar-refractivity contribution in [3.8, 4) is 16.7 Å². The molecule has 2 fully saturated rings. The number of hydrogen-bond donors (Lipinski definition) is 1. The van der Waals surface area contributed by atoms with Crippen molar-refractivity contribution in [3.05, 3.63) is 48.5 Å². The van der Waals surface area contributed by atoms with Crippen LogP contribution in [0.25, 0.3) is 10.2 Å². The lowest BCUT2D eigenvalue weighted by atomic mass is 10.2. The van der Waals surface area contributed by atoms with Crippen molar-refractivity contribution in [2.75, 3.05) is 32.8 Å². The number of ether oxygens (including phenoxy) is 2. The van der Waals surface area contributed by atoms with Crippen LogP contribution in [0.3, 0.4) is 0 Å². The van der Waals surface area contributed by atoms with Gasteiger partial charge in [-0.25, -0.2) is 4.98 Å². The highest BCUT2D eigenvalue weighted by Crippen LogP contribution is 2.32. The van der Waals surface area contributed by atoms with Crippen LogP contribution in [-0.4, -0.2) is 65.6 Å². The first-order chi connectivity index (χ1) is 14.7. The summed E-state index contributed by atoms with van der Waals surface area (Å²) in [6.45, 7) is 3.28. The van der Waals surface area contributed by atoms with Crippen molar-refractivity contribution in [1.82, 2.24) is 14.8 Å². The molecule has 2 N–H and O–H groups in total. The van der Waals surface area contributed by atoms with Gasteiger partial charge in [-0.1, -0.05) is 23.5 Å². The number of nitrogens with two attached hydrogens (primary N) is 1. The highest BCUT2D eigenvalue weighted by molar-refractivity contribution is 7.20. The minimum Gasteiger partial charge on any atom is -0.492 e. The van der Waals surface area contributed by atoms with E-state index >= 15 is 0 Å². The van der Waals surface area contributed by atoms with Gasteiger partial charge >= 0.3 is 0 Å². The van der Waals surface area contributed by atoms with Crippen molar-refractivity contribution in [3.63, 3.8) is 0 Å². The Balaban J connectivity index is 1.10.